The molecule has 0 spiro atoms. The van der Waals surface area contributed by atoms with E-state index in [1.807, 2.05) is 6.08 Å². The molecule has 12 heavy (non-hydrogen) atoms. The summed E-state index contributed by atoms with van der Waals surface area (Å²) < 4.78 is 0. The third kappa shape index (κ3) is 1.97. The molecule has 0 amide bonds. The molecule has 0 heteroatoms. The number of hydrogen-bond donors (Lipinski definition) is 0. The van der Waals surface area contributed by atoms with E-state index in [4.69, 9.17) is 0 Å². The fourth-order valence-corrected chi connectivity index (χ4v) is 1.52. The van der Waals surface area contributed by atoms with Crippen molar-refractivity contribution in [2.75, 3.05) is 0 Å². The van der Waals surface area contributed by atoms with Gasteiger partial charge in [0.25, 0.3) is 0 Å². The lowest BCUT2D eigenvalue weighted by Crippen LogP contribution is -1.95. The van der Waals surface area contributed by atoms with Gasteiger partial charge >= 0.3 is 0 Å². The van der Waals surface area contributed by atoms with Crippen LogP contribution in [0.5, 0.6) is 0 Å². The van der Waals surface area contributed by atoms with Crippen molar-refractivity contribution in [1.82, 2.24) is 0 Å². The summed E-state index contributed by atoms with van der Waals surface area (Å²) in [5.74, 6) is 0. The molecule has 0 bridgehead atoms. The predicted molar refractivity (Wildman–Crippen MR) is 55.0 cm³/mol. The van der Waals surface area contributed by atoms with Crippen molar-refractivity contribution in [3.05, 3.63) is 48.1 Å². The van der Waals surface area contributed by atoms with Gasteiger partial charge in [-0.05, 0) is 37.3 Å². The molecule has 0 heterocycles. The number of rotatable bonds is 3. The van der Waals surface area contributed by atoms with Gasteiger partial charge in [0.1, 0.15) is 0 Å². The summed E-state index contributed by atoms with van der Waals surface area (Å²) in [7, 11) is 0. The molecule has 0 N–H and O–H groups in total. The largest absolute Gasteiger partial charge is 0.103 e. The maximum atomic E-state index is 3.97. The number of allylic oxidation sites excluding steroid dienone is 6. The van der Waals surface area contributed by atoms with Crippen molar-refractivity contribution in [2.45, 2.75) is 26.2 Å². The van der Waals surface area contributed by atoms with E-state index in [1.54, 1.807) is 0 Å². The molecule has 0 radical (unpaired) electrons. The first kappa shape index (κ1) is 9.05. The van der Waals surface area contributed by atoms with E-state index in [1.165, 1.54) is 23.1 Å². The summed E-state index contributed by atoms with van der Waals surface area (Å²) >= 11 is 0. The van der Waals surface area contributed by atoms with E-state index in [2.05, 4.69) is 32.2 Å². The summed E-state index contributed by atoms with van der Waals surface area (Å²) in [5, 5.41) is 0. The first-order valence-corrected chi connectivity index (χ1v) is 4.42. The average molecular weight is 160 g/mol. The van der Waals surface area contributed by atoms with Crippen LogP contribution in [0.15, 0.2) is 48.1 Å². The minimum Gasteiger partial charge on any atom is -0.103 e. The second-order valence-corrected chi connectivity index (χ2v) is 3.20. The highest BCUT2D eigenvalue weighted by Crippen LogP contribution is 2.26. The molecule has 0 fully saturated rings. The lowest BCUT2D eigenvalue weighted by molar-refractivity contribution is 0.976. The first-order valence-electron chi connectivity index (χ1n) is 4.42. The second kappa shape index (κ2) is 4.10. The van der Waals surface area contributed by atoms with Gasteiger partial charge in [0.15, 0.2) is 0 Å². The Bertz CT molecular complexity index is 251. The third-order valence-electron chi connectivity index (χ3n) is 2.08. The smallest absolute Gasteiger partial charge is 0.00974 e. The molecule has 0 nitrogen and oxygen atoms in total. The zero-order valence-corrected chi connectivity index (χ0v) is 7.77. The molecule has 0 atom stereocenters. The van der Waals surface area contributed by atoms with E-state index in [0.717, 1.165) is 12.8 Å². The van der Waals surface area contributed by atoms with E-state index in [-0.39, 0.29) is 0 Å². The summed E-state index contributed by atoms with van der Waals surface area (Å²) in [5.41, 5.74) is 3.90. The molecule has 0 aliphatic heterocycles. The van der Waals surface area contributed by atoms with Crippen LogP contribution in [0.2, 0.25) is 0 Å². The van der Waals surface area contributed by atoms with Crippen LogP contribution in [0.25, 0.3) is 0 Å². The van der Waals surface area contributed by atoms with Crippen molar-refractivity contribution >= 4 is 0 Å². The van der Waals surface area contributed by atoms with Crippen LogP contribution in [-0.2, 0) is 0 Å². The standard InChI is InChI=1S/C12H16/c1-4-7-11-8-5-6-9-12(11)10(2)3/h4,8-9H,1-2,5-7H2,3H3. The molecule has 1 rings (SSSR count). The predicted octanol–water partition coefficient (Wildman–Crippen LogP) is 3.79. The Balaban J connectivity index is 2.82. The van der Waals surface area contributed by atoms with Gasteiger partial charge in [0.2, 0.25) is 0 Å². The highest BCUT2D eigenvalue weighted by atomic mass is 14.1. The lowest BCUT2D eigenvalue weighted by Gasteiger charge is -2.14. The van der Waals surface area contributed by atoms with Gasteiger partial charge in [0.05, 0.1) is 0 Å². The molecule has 0 aromatic rings. The molecule has 64 valence electrons. The van der Waals surface area contributed by atoms with Crippen LogP contribution >= 0.6 is 0 Å². The van der Waals surface area contributed by atoms with E-state index in [0.29, 0.717) is 0 Å². The Morgan fingerprint density at radius 1 is 1.50 bits per heavy atom. The van der Waals surface area contributed by atoms with Crippen molar-refractivity contribution in [1.29, 1.82) is 0 Å². The van der Waals surface area contributed by atoms with Crippen LogP contribution in [-0.4, -0.2) is 0 Å². The number of hydrogen-bond acceptors (Lipinski definition) is 0. The van der Waals surface area contributed by atoms with Gasteiger partial charge in [0, 0.05) is 0 Å². The van der Waals surface area contributed by atoms with E-state index < -0.39 is 0 Å². The molecule has 1 aliphatic carbocycles. The van der Waals surface area contributed by atoms with Gasteiger partial charge in [-0.15, -0.1) is 6.58 Å². The first-order chi connectivity index (χ1) is 5.75. The SMILES string of the molecule is C=CCC1=CCCC=C1C(=C)C. The van der Waals surface area contributed by atoms with Gasteiger partial charge in [-0.2, -0.15) is 0 Å². The fourth-order valence-electron chi connectivity index (χ4n) is 1.52. The Labute approximate surface area is 75.0 Å². The van der Waals surface area contributed by atoms with Crippen LogP contribution in [0.1, 0.15) is 26.2 Å². The molecule has 0 saturated heterocycles. The zero-order chi connectivity index (χ0) is 8.97. The maximum Gasteiger partial charge on any atom is -0.00974 e. The lowest BCUT2D eigenvalue weighted by atomic mass is 9.91. The third-order valence-corrected chi connectivity index (χ3v) is 2.08. The molecule has 0 saturated carbocycles. The van der Waals surface area contributed by atoms with Gasteiger partial charge < -0.3 is 0 Å². The summed E-state index contributed by atoms with van der Waals surface area (Å²) in [4.78, 5) is 0. The zero-order valence-electron chi connectivity index (χ0n) is 7.77. The molecule has 0 aromatic carbocycles. The van der Waals surface area contributed by atoms with Crippen molar-refractivity contribution < 1.29 is 0 Å². The van der Waals surface area contributed by atoms with Crippen molar-refractivity contribution in [2.24, 2.45) is 0 Å². The normalized spacial score (nSPS) is 16.4. The van der Waals surface area contributed by atoms with Gasteiger partial charge in [-0.25, -0.2) is 0 Å². The maximum absolute atomic E-state index is 3.97. The highest BCUT2D eigenvalue weighted by Gasteiger charge is 2.07. The fraction of sp³-hybridized carbons (Fsp3) is 0.333. The van der Waals surface area contributed by atoms with Crippen molar-refractivity contribution in [3.8, 4) is 0 Å². The van der Waals surface area contributed by atoms with E-state index in [9.17, 15) is 0 Å². The summed E-state index contributed by atoms with van der Waals surface area (Å²) in [6, 6.07) is 0. The van der Waals surface area contributed by atoms with Crippen LogP contribution in [0.3, 0.4) is 0 Å². The van der Waals surface area contributed by atoms with Crippen LogP contribution in [0, 0.1) is 0 Å². The molecule has 0 aromatic heterocycles. The molecule has 0 unspecified atom stereocenters. The molecular formula is C12H16. The Morgan fingerprint density at radius 2 is 2.17 bits per heavy atom. The quantitative estimate of drug-likeness (QED) is 0.551. The van der Waals surface area contributed by atoms with Crippen molar-refractivity contribution in [3.63, 3.8) is 0 Å². The summed E-state index contributed by atoms with van der Waals surface area (Å²) in [6.07, 6.45) is 9.82. The Hall–Kier alpha value is -1.04. The highest BCUT2D eigenvalue weighted by molar-refractivity contribution is 5.46. The topological polar surface area (TPSA) is 0 Å². The van der Waals surface area contributed by atoms with Crippen LogP contribution < -0.4 is 0 Å². The molecule has 1 aliphatic rings. The summed E-state index contributed by atoms with van der Waals surface area (Å²) in [6.45, 7) is 9.78. The van der Waals surface area contributed by atoms with E-state index >= 15 is 0 Å². The Morgan fingerprint density at radius 3 is 2.75 bits per heavy atom. The minimum atomic E-state index is 0.971. The second-order valence-electron chi connectivity index (χ2n) is 3.20. The van der Waals surface area contributed by atoms with Crippen LogP contribution in [0.4, 0.5) is 0 Å². The van der Waals surface area contributed by atoms with Gasteiger partial charge in [-0.1, -0.05) is 30.4 Å². The minimum absolute atomic E-state index is 0.971. The average Bonchev–Trinajstić information content (AvgIpc) is 2.05. The van der Waals surface area contributed by atoms with Gasteiger partial charge in [-0.3, -0.25) is 0 Å². The molecular weight excluding hydrogens is 144 g/mol. The Kier molecular flexibility index (Phi) is 3.09. The monoisotopic (exact) mass is 160 g/mol.